The zero-order valence-corrected chi connectivity index (χ0v) is 15.5. The molecular weight excluding hydrogens is 352 g/mol. The lowest BCUT2D eigenvalue weighted by Gasteiger charge is -2.33. The first-order valence-corrected chi connectivity index (χ1v) is 10.0. The maximum Gasteiger partial charge on any atom is 0.326 e. The maximum absolute atomic E-state index is 13.0. The third kappa shape index (κ3) is 3.05. The molecule has 4 rings (SSSR count). The fourth-order valence-corrected chi connectivity index (χ4v) is 5.01. The maximum atomic E-state index is 13.0. The van der Waals surface area contributed by atoms with Crippen LogP contribution in [0.15, 0.2) is 21.2 Å². The van der Waals surface area contributed by atoms with Crippen molar-refractivity contribution in [2.45, 2.75) is 57.5 Å². The third-order valence-corrected chi connectivity index (χ3v) is 6.32. The highest BCUT2D eigenvalue weighted by Crippen LogP contribution is 2.40. The molecule has 1 amide bonds. The van der Waals surface area contributed by atoms with Gasteiger partial charge in [0.05, 0.1) is 12.1 Å². The van der Waals surface area contributed by atoms with Crippen LogP contribution in [0.5, 0.6) is 0 Å². The number of aromatic nitrogens is 1. The van der Waals surface area contributed by atoms with E-state index in [0.717, 1.165) is 31.2 Å². The number of nitrogens with zero attached hydrogens (tertiary/aromatic N) is 2. The van der Waals surface area contributed by atoms with Gasteiger partial charge >= 0.3 is 5.97 Å². The number of carbonyl (C=O) groups is 2. The molecule has 1 aliphatic heterocycles. The van der Waals surface area contributed by atoms with Gasteiger partial charge in [0.25, 0.3) is 0 Å². The van der Waals surface area contributed by atoms with Gasteiger partial charge in [-0.2, -0.15) is 11.3 Å². The van der Waals surface area contributed by atoms with Crippen LogP contribution in [-0.2, 0) is 16.0 Å². The smallest absolute Gasteiger partial charge is 0.326 e. The van der Waals surface area contributed by atoms with Crippen LogP contribution in [0.25, 0.3) is 11.5 Å². The second-order valence-electron chi connectivity index (χ2n) is 7.21. The Bertz CT molecular complexity index is 814. The Balaban J connectivity index is 1.56. The van der Waals surface area contributed by atoms with Crippen molar-refractivity contribution in [3.63, 3.8) is 0 Å². The highest BCUT2D eigenvalue weighted by Gasteiger charge is 2.47. The van der Waals surface area contributed by atoms with Gasteiger partial charge in [-0.25, -0.2) is 9.78 Å². The van der Waals surface area contributed by atoms with Crippen molar-refractivity contribution < 1.29 is 19.1 Å². The number of hydrogen-bond donors (Lipinski definition) is 1. The van der Waals surface area contributed by atoms with Gasteiger partial charge < -0.3 is 14.4 Å². The van der Waals surface area contributed by atoms with E-state index in [1.54, 1.807) is 23.2 Å². The average Bonchev–Trinajstić information content (AvgIpc) is 3.33. The molecule has 1 N–H and O–H groups in total. The molecule has 0 radical (unpaired) electrons. The number of thiophene rings is 1. The Morgan fingerprint density at radius 1 is 1.38 bits per heavy atom. The predicted octanol–water partition coefficient (Wildman–Crippen LogP) is 3.50. The molecule has 2 aliphatic rings. The number of likely N-dealkylation sites (tertiary alicyclic amines) is 1. The summed E-state index contributed by atoms with van der Waals surface area (Å²) in [5.41, 5.74) is 1.49. The van der Waals surface area contributed by atoms with Gasteiger partial charge in [0.2, 0.25) is 11.8 Å². The quantitative estimate of drug-likeness (QED) is 0.885. The van der Waals surface area contributed by atoms with E-state index in [2.05, 4.69) is 4.98 Å². The number of oxazole rings is 1. The minimum Gasteiger partial charge on any atom is -0.480 e. The number of carboxylic acids is 1. The van der Waals surface area contributed by atoms with Crippen molar-refractivity contribution in [2.24, 2.45) is 5.92 Å². The van der Waals surface area contributed by atoms with Crippen molar-refractivity contribution in [1.29, 1.82) is 0 Å². The second-order valence-corrected chi connectivity index (χ2v) is 7.99. The molecule has 7 heteroatoms. The average molecular weight is 374 g/mol. The highest BCUT2D eigenvalue weighted by molar-refractivity contribution is 7.08. The number of aliphatic carboxylic acids is 1. The van der Waals surface area contributed by atoms with Crippen molar-refractivity contribution in [3.05, 3.63) is 28.3 Å². The van der Waals surface area contributed by atoms with Crippen molar-refractivity contribution in [2.75, 3.05) is 0 Å². The summed E-state index contributed by atoms with van der Waals surface area (Å²) in [6, 6.07) is 1.27. The van der Waals surface area contributed by atoms with E-state index in [4.69, 9.17) is 4.42 Å². The fourth-order valence-electron chi connectivity index (χ4n) is 4.38. The van der Waals surface area contributed by atoms with Gasteiger partial charge in [0.1, 0.15) is 11.8 Å². The van der Waals surface area contributed by atoms with Crippen LogP contribution in [0.3, 0.4) is 0 Å². The van der Waals surface area contributed by atoms with Crippen LogP contribution in [0.1, 0.15) is 43.6 Å². The second kappa shape index (κ2) is 6.87. The monoisotopic (exact) mass is 374 g/mol. The largest absolute Gasteiger partial charge is 0.480 e. The molecule has 0 bridgehead atoms. The molecule has 3 heterocycles. The molecule has 0 unspecified atom stereocenters. The lowest BCUT2D eigenvalue weighted by atomic mass is 9.84. The van der Waals surface area contributed by atoms with Crippen LogP contribution < -0.4 is 0 Å². The minimum absolute atomic E-state index is 0.0564. The van der Waals surface area contributed by atoms with E-state index in [1.807, 2.05) is 16.8 Å². The van der Waals surface area contributed by atoms with Crippen LogP contribution >= 0.6 is 11.3 Å². The van der Waals surface area contributed by atoms with Crippen LogP contribution in [0, 0.1) is 12.8 Å². The summed E-state index contributed by atoms with van der Waals surface area (Å²) in [6.45, 7) is 1.80. The molecule has 2 fully saturated rings. The molecule has 3 atom stereocenters. The fraction of sp³-hybridized carbons (Fsp3) is 0.526. The topological polar surface area (TPSA) is 83.6 Å². The third-order valence-electron chi connectivity index (χ3n) is 5.64. The number of carboxylic acid groups (broad SMARTS) is 1. The Kier molecular flexibility index (Phi) is 4.56. The van der Waals surface area contributed by atoms with Gasteiger partial charge in [-0.05, 0) is 43.6 Å². The Morgan fingerprint density at radius 3 is 2.92 bits per heavy atom. The van der Waals surface area contributed by atoms with Crippen molar-refractivity contribution in [3.8, 4) is 11.5 Å². The molecule has 2 aromatic rings. The van der Waals surface area contributed by atoms with Crippen molar-refractivity contribution >= 4 is 23.2 Å². The first kappa shape index (κ1) is 17.3. The number of hydrogen-bond acceptors (Lipinski definition) is 5. The number of aryl methyl sites for hydroxylation is 1. The predicted molar refractivity (Wildman–Crippen MR) is 96.9 cm³/mol. The van der Waals surface area contributed by atoms with Crippen LogP contribution in [0.2, 0.25) is 0 Å². The van der Waals surface area contributed by atoms with E-state index in [1.165, 1.54) is 0 Å². The molecular formula is C19H22N2O4S. The van der Waals surface area contributed by atoms with E-state index >= 15 is 0 Å². The van der Waals surface area contributed by atoms with Gasteiger partial charge in [-0.3, -0.25) is 4.79 Å². The summed E-state index contributed by atoms with van der Waals surface area (Å²) in [6.07, 6.45) is 4.77. The van der Waals surface area contributed by atoms with E-state index in [-0.39, 0.29) is 18.4 Å². The van der Waals surface area contributed by atoms with Crippen LogP contribution in [-0.4, -0.2) is 39.0 Å². The molecule has 2 aromatic heterocycles. The summed E-state index contributed by atoms with van der Waals surface area (Å²) in [7, 11) is 0. The highest BCUT2D eigenvalue weighted by atomic mass is 32.1. The molecule has 0 spiro atoms. The van der Waals surface area contributed by atoms with E-state index in [0.29, 0.717) is 29.7 Å². The lowest BCUT2D eigenvalue weighted by molar-refractivity contribution is -0.149. The SMILES string of the molecule is Cc1oc(-c2ccsc2)nc1CC(=O)N1[C@H](C(=O)O)C[C@H]2CCCC[C@@H]21. The van der Waals surface area contributed by atoms with Gasteiger partial charge in [0.15, 0.2) is 0 Å². The summed E-state index contributed by atoms with van der Waals surface area (Å²) in [5.74, 6) is 0.390. The zero-order valence-electron chi connectivity index (χ0n) is 14.7. The number of rotatable bonds is 4. The molecule has 1 saturated heterocycles. The number of amides is 1. The first-order valence-electron chi connectivity index (χ1n) is 9.07. The van der Waals surface area contributed by atoms with Gasteiger partial charge in [-0.1, -0.05) is 12.8 Å². The van der Waals surface area contributed by atoms with Crippen molar-refractivity contribution in [1.82, 2.24) is 9.88 Å². The normalized spacial score (nSPS) is 25.3. The Morgan fingerprint density at radius 2 is 2.19 bits per heavy atom. The van der Waals surface area contributed by atoms with E-state index < -0.39 is 12.0 Å². The van der Waals surface area contributed by atoms with Gasteiger partial charge in [0, 0.05) is 17.0 Å². The van der Waals surface area contributed by atoms with Crippen LogP contribution in [0.4, 0.5) is 0 Å². The molecule has 26 heavy (non-hydrogen) atoms. The summed E-state index contributed by atoms with van der Waals surface area (Å²) in [5, 5.41) is 13.5. The molecule has 6 nitrogen and oxygen atoms in total. The molecule has 0 aromatic carbocycles. The molecule has 1 saturated carbocycles. The minimum atomic E-state index is -0.899. The van der Waals surface area contributed by atoms with Gasteiger partial charge in [-0.15, -0.1) is 0 Å². The van der Waals surface area contributed by atoms with E-state index in [9.17, 15) is 14.7 Å². The lowest BCUT2D eigenvalue weighted by Crippen LogP contribution is -2.47. The first-order chi connectivity index (χ1) is 12.5. The number of fused-ring (bicyclic) bond motifs is 1. The number of carbonyl (C=O) groups excluding carboxylic acids is 1. The summed E-state index contributed by atoms with van der Waals surface area (Å²) in [4.78, 5) is 30.8. The summed E-state index contributed by atoms with van der Waals surface area (Å²) < 4.78 is 5.71. The standard InChI is InChI=1S/C19H22N2O4S/c1-11-14(20-18(25-11)13-6-7-26-10-13)9-17(22)21-15-5-3-2-4-12(15)8-16(21)19(23)24/h6-7,10,12,15-16H,2-5,8-9H2,1H3,(H,23,24)/t12-,15+,16+/m1/s1. The Labute approximate surface area is 155 Å². The summed E-state index contributed by atoms with van der Waals surface area (Å²) >= 11 is 1.56. The Hall–Kier alpha value is -2.15. The molecule has 138 valence electrons. The zero-order chi connectivity index (χ0) is 18.3. The molecule has 1 aliphatic carbocycles.